The first-order chi connectivity index (χ1) is 9.36. The van der Waals surface area contributed by atoms with Crippen LogP contribution in [0.25, 0.3) is 0 Å². The lowest BCUT2D eigenvalue weighted by atomic mass is 10.3. The maximum Gasteiger partial charge on any atom is 0.363 e. The number of nitro groups is 1. The van der Waals surface area contributed by atoms with Crippen molar-refractivity contribution in [3.8, 4) is 11.5 Å². The van der Waals surface area contributed by atoms with Crippen molar-refractivity contribution in [2.75, 3.05) is 6.26 Å². The van der Waals surface area contributed by atoms with Gasteiger partial charge >= 0.3 is 5.82 Å². The van der Waals surface area contributed by atoms with Crippen LogP contribution in [0.3, 0.4) is 0 Å². The van der Waals surface area contributed by atoms with Crippen LogP contribution < -0.4 is 4.74 Å². The molecule has 2 aromatic rings. The summed E-state index contributed by atoms with van der Waals surface area (Å²) in [5.74, 6) is 0.459. The Labute approximate surface area is 114 Å². The van der Waals surface area contributed by atoms with Gasteiger partial charge in [0.15, 0.2) is 21.8 Å². The van der Waals surface area contributed by atoms with Gasteiger partial charge in [0.05, 0.1) is 4.90 Å². The maximum absolute atomic E-state index is 11.3. The maximum atomic E-state index is 11.3. The minimum Gasteiger partial charge on any atom is -0.453 e. The zero-order valence-electron chi connectivity index (χ0n) is 10.4. The van der Waals surface area contributed by atoms with Crippen molar-refractivity contribution in [2.24, 2.45) is 0 Å². The van der Waals surface area contributed by atoms with Crippen LogP contribution in [0.2, 0.25) is 0 Å². The second-order valence-electron chi connectivity index (χ2n) is 3.95. The van der Waals surface area contributed by atoms with Crippen LogP contribution in [0, 0.1) is 10.1 Å². The molecule has 1 aromatic carbocycles. The van der Waals surface area contributed by atoms with Gasteiger partial charge in [-0.25, -0.2) is 8.42 Å². The molecular weight excluding hydrogens is 284 g/mol. The van der Waals surface area contributed by atoms with Crippen molar-refractivity contribution in [1.82, 2.24) is 4.98 Å². The monoisotopic (exact) mass is 294 g/mol. The molecule has 8 heteroatoms. The number of aromatic nitrogens is 1. The Morgan fingerprint density at radius 2 is 1.70 bits per heavy atom. The number of sulfone groups is 1. The van der Waals surface area contributed by atoms with Gasteiger partial charge < -0.3 is 14.9 Å². The molecule has 0 radical (unpaired) electrons. The highest BCUT2D eigenvalue weighted by Gasteiger charge is 2.09. The Bertz CT molecular complexity index is 723. The van der Waals surface area contributed by atoms with E-state index in [1.807, 2.05) is 0 Å². The Morgan fingerprint density at radius 3 is 2.15 bits per heavy atom. The summed E-state index contributed by atoms with van der Waals surface area (Å²) in [5, 5.41) is 10.4. The van der Waals surface area contributed by atoms with Crippen LogP contribution in [0.5, 0.6) is 11.5 Å². The van der Waals surface area contributed by atoms with E-state index in [0.29, 0.717) is 11.5 Å². The van der Waals surface area contributed by atoms with Crippen LogP contribution in [-0.4, -0.2) is 24.6 Å². The topological polar surface area (TPSA) is 99.4 Å². The number of hydrogen-bond donors (Lipinski definition) is 0. The Morgan fingerprint density at radius 1 is 1.10 bits per heavy atom. The lowest BCUT2D eigenvalue weighted by Gasteiger charge is -2.04. The van der Waals surface area contributed by atoms with E-state index in [1.165, 1.54) is 42.6 Å². The molecule has 0 unspecified atom stereocenters. The smallest absolute Gasteiger partial charge is 0.363 e. The highest BCUT2D eigenvalue weighted by molar-refractivity contribution is 7.90. The molecule has 0 atom stereocenters. The molecule has 0 saturated carbocycles. The van der Waals surface area contributed by atoms with E-state index < -0.39 is 14.8 Å². The van der Waals surface area contributed by atoms with Crippen LogP contribution in [0.15, 0.2) is 47.5 Å². The summed E-state index contributed by atoms with van der Waals surface area (Å²) in [4.78, 5) is 13.6. The van der Waals surface area contributed by atoms with Crippen molar-refractivity contribution < 1.29 is 18.1 Å². The highest BCUT2D eigenvalue weighted by Crippen LogP contribution is 2.23. The van der Waals surface area contributed by atoms with Crippen LogP contribution in [-0.2, 0) is 9.84 Å². The number of hydrogen-bond acceptors (Lipinski definition) is 6. The Balaban J connectivity index is 2.16. The van der Waals surface area contributed by atoms with Gasteiger partial charge in [0.25, 0.3) is 0 Å². The number of pyridine rings is 1. The van der Waals surface area contributed by atoms with E-state index in [9.17, 15) is 18.5 Å². The minimum absolute atomic E-state index is 0.187. The zero-order chi connectivity index (χ0) is 14.8. The molecule has 0 aliphatic rings. The lowest BCUT2D eigenvalue weighted by Crippen LogP contribution is -1.96. The first kappa shape index (κ1) is 13.9. The van der Waals surface area contributed by atoms with Crippen LogP contribution in [0.4, 0.5) is 5.82 Å². The molecule has 1 heterocycles. The van der Waals surface area contributed by atoms with E-state index in [-0.39, 0.29) is 10.7 Å². The standard InChI is InChI=1S/C12H10N2O5S/c1-20(17,18)11-5-2-9(3-6-11)19-10-4-7-12(13-8-10)14(15)16/h2-8H,1H3. The van der Waals surface area contributed by atoms with Gasteiger partial charge in [-0.3, -0.25) is 0 Å². The second-order valence-corrected chi connectivity index (χ2v) is 5.97. The molecule has 0 saturated heterocycles. The molecule has 7 nitrogen and oxygen atoms in total. The van der Waals surface area contributed by atoms with Crippen molar-refractivity contribution >= 4 is 15.7 Å². The van der Waals surface area contributed by atoms with Gasteiger partial charge in [-0.1, -0.05) is 0 Å². The molecule has 0 aliphatic carbocycles. The average Bonchev–Trinajstić information content (AvgIpc) is 2.39. The molecule has 0 aliphatic heterocycles. The fourth-order valence-electron chi connectivity index (χ4n) is 1.43. The molecule has 104 valence electrons. The Hall–Kier alpha value is -2.48. The first-order valence-electron chi connectivity index (χ1n) is 5.45. The van der Waals surface area contributed by atoms with Gasteiger partial charge in [-0.05, 0) is 40.2 Å². The molecule has 0 spiro atoms. The van der Waals surface area contributed by atoms with Gasteiger partial charge in [-0.15, -0.1) is 0 Å². The lowest BCUT2D eigenvalue weighted by molar-refractivity contribution is -0.389. The van der Waals surface area contributed by atoms with Gasteiger partial charge in [0, 0.05) is 12.3 Å². The third-order valence-corrected chi connectivity index (χ3v) is 3.52. The second kappa shape index (κ2) is 5.25. The van der Waals surface area contributed by atoms with Crippen molar-refractivity contribution in [3.63, 3.8) is 0 Å². The summed E-state index contributed by atoms with van der Waals surface area (Å²) in [6.07, 6.45) is 2.34. The fraction of sp³-hybridized carbons (Fsp3) is 0.0833. The summed E-state index contributed by atoms with van der Waals surface area (Å²) in [6, 6.07) is 8.47. The number of nitrogens with zero attached hydrogens (tertiary/aromatic N) is 2. The summed E-state index contributed by atoms with van der Waals surface area (Å²) >= 11 is 0. The third-order valence-electron chi connectivity index (χ3n) is 2.40. The molecular formula is C12H10N2O5S. The van der Waals surface area contributed by atoms with E-state index in [4.69, 9.17) is 4.74 Å². The van der Waals surface area contributed by atoms with E-state index in [1.54, 1.807) is 0 Å². The predicted octanol–water partition coefficient (Wildman–Crippen LogP) is 2.19. The van der Waals surface area contributed by atoms with Crippen molar-refractivity contribution in [2.45, 2.75) is 4.90 Å². The number of ether oxygens (including phenoxy) is 1. The third kappa shape index (κ3) is 3.29. The summed E-state index contributed by atoms with van der Waals surface area (Å²) in [6.45, 7) is 0. The predicted molar refractivity (Wildman–Crippen MR) is 70.5 cm³/mol. The molecule has 0 bridgehead atoms. The number of rotatable bonds is 4. The van der Waals surface area contributed by atoms with Gasteiger partial charge in [0.1, 0.15) is 5.75 Å². The quantitative estimate of drug-likeness (QED) is 0.633. The Kier molecular flexibility index (Phi) is 3.66. The summed E-state index contributed by atoms with van der Waals surface area (Å²) in [5.41, 5.74) is 0. The molecule has 0 N–H and O–H groups in total. The molecule has 20 heavy (non-hydrogen) atoms. The number of benzene rings is 1. The van der Waals surface area contributed by atoms with Crippen molar-refractivity contribution in [1.29, 1.82) is 0 Å². The van der Waals surface area contributed by atoms with Crippen LogP contribution in [0.1, 0.15) is 0 Å². The normalized spacial score (nSPS) is 11.1. The summed E-state index contributed by atoms with van der Waals surface area (Å²) < 4.78 is 28.0. The van der Waals surface area contributed by atoms with E-state index in [2.05, 4.69) is 4.98 Å². The largest absolute Gasteiger partial charge is 0.453 e. The summed E-state index contributed by atoms with van der Waals surface area (Å²) in [7, 11) is -3.25. The van der Waals surface area contributed by atoms with Crippen LogP contribution >= 0.6 is 0 Å². The molecule has 0 amide bonds. The zero-order valence-corrected chi connectivity index (χ0v) is 11.2. The van der Waals surface area contributed by atoms with E-state index >= 15 is 0 Å². The highest BCUT2D eigenvalue weighted by atomic mass is 32.2. The molecule has 1 aromatic heterocycles. The van der Waals surface area contributed by atoms with Gasteiger partial charge in [-0.2, -0.15) is 0 Å². The first-order valence-corrected chi connectivity index (χ1v) is 7.34. The molecule has 2 rings (SSSR count). The van der Waals surface area contributed by atoms with Crippen molar-refractivity contribution in [3.05, 3.63) is 52.7 Å². The molecule has 0 fully saturated rings. The average molecular weight is 294 g/mol. The SMILES string of the molecule is CS(=O)(=O)c1ccc(Oc2ccc([N+](=O)[O-])nc2)cc1. The minimum atomic E-state index is -3.25. The fourth-order valence-corrected chi connectivity index (χ4v) is 2.06. The van der Waals surface area contributed by atoms with Gasteiger partial charge in [0.2, 0.25) is 0 Å². The van der Waals surface area contributed by atoms with E-state index in [0.717, 1.165) is 6.26 Å².